The highest BCUT2D eigenvalue weighted by atomic mass is 32.2. The number of hydrogen-bond donors (Lipinski definition) is 2. The normalized spacial score (nSPS) is 21.1. The highest BCUT2D eigenvalue weighted by Crippen LogP contribution is 2.36. The van der Waals surface area contributed by atoms with Crippen LogP contribution in [0.3, 0.4) is 0 Å². The molecule has 0 atom stereocenters. The number of phenolic OH excluding ortho intramolecular Hbond substituents is 1. The van der Waals surface area contributed by atoms with Gasteiger partial charge in [-0.3, -0.25) is 9.21 Å². The summed E-state index contributed by atoms with van der Waals surface area (Å²) in [5.74, 6) is -0.295. The van der Waals surface area contributed by atoms with Crippen LogP contribution in [0.2, 0.25) is 0 Å². The average Bonchev–Trinajstić information content (AvgIpc) is 2.98. The zero-order valence-electron chi connectivity index (χ0n) is 12.2. The van der Waals surface area contributed by atoms with Gasteiger partial charge in [-0.15, -0.1) is 0 Å². The van der Waals surface area contributed by atoms with Gasteiger partial charge in [0.15, 0.2) is 5.82 Å². The summed E-state index contributed by atoms with van der Waals surface area (Å²) in [6, 6.07) is 3.29. The maximum Gasteiger partial charge on any atom is 0.155 e. The fraction of sp³-hybridized carbons (Fsp3) is 0.571. The van der Waals surface area contributed by atoms with Gasteiger partial charge in [0.1, 0.15) is 11.4 Å². The van der Waals surface area contributed by atoms with E-state index in [9.17, 15) is 9.50 Å². The lowest BCUT2D eigenvalue weighted by atomic mass is 10.1. The van der Waals surface area contributed by atoms with Gasteiger partial charge in [-0.05, 0) is 13.1 Å². The minimum absolute atomic E-state index is 0.00540. The predicted molar refractivity (Wildman–Crippen MR) is 83.8 cm³/mol. The van der Waals surface area contributed by atoms with E-state index in [0.29, 0.717) is 24.3 Å². The Bertz CT molecular complexity index is 502. The first-order valence-corrected chi connectivity index (χ1v) is 8.01. The fourth-order valence-electron chi connectivity index (χ4n) is 2.68. The molecule has 0 aliphatic carbocycles. The highest BCUT2D eigenvalue weighted by molar-refractivity contribution is 7.99. The molecule has 7 heteroatoms. The third-order valence-electron chi connectivity index (χ3n) is 4.01. The lowest BCUT2D eigenvalue weighted by molar-refractivity contribution is 0.147. The number of benzene rings is 1. The monoisotopic (exact) mass is 312 g/mol. The van der Waals surface area contributed by atoms with Crippen molar-refractivity contribution in [2.45, 2.75) is 6.54 Å². The molecule has 0 amide bonds. The lowest BCUT2D eigenvalue weighted by Gasteiger charge is -2.32. The van der Waals surface area contributed by atoms with Crippen LogP contribution >= 0.6 is 12.1 Å². The Hall–Kier alpha value is -1.02. The van der Waals surface area contributed by atoms with E-state index < -0.39 is 0 Å². The summed E-state index contributed by atoms with van der Waals surface area (Å²) < 4.78 is 19.6. The number of phenols is 1. The van der Waals surface area contributed by atoms with Crippen LogP contribution in [0.25, 0.3) is 0 Å². The van der Waals surface area contributed by atoms with Gasteiger partial charge in [-0.25, -0.2) is 9.11 Å². The molecular formula is C14H21FN4OS. The van der Waals surface area contributed by atoms with Crippen LogP contribution in [0.4, 0.5) is 10.1 Å². The van der Waals surface area contributed by atoms with Gasteiger partial charge in [-0.1, -0.05) is 6.07 Å². The smallest absolute Gasteiger partial charge is 0.155 e. The van der Waals surface area contributed by atoms with Crippen molar-refractivity contribution in [1.29, 1.82) is 0 Å². The van der Waals surface area contributed by atoms with E-state index in [4.69, 9.17) is 0 Å². The minimum Gasteiger partial charge on any atom is -0.506 e. The molecule has 2 heterocycles. The van der Waals surface area contributed by atoms with Crippen LogP contribution in [-0.4, -0.2) is 61.2 Å². The minimum atomic E-state index is -0.301. The number of nitrogens with zero attached hydrogens (tertiary/aromatic N) is 3. The van der Waals surface area contributed by atoms with Crippen molar-refractivity contribution in [3.63, 3.8) is 0 Å². The first-order valence-electron chi connectivity index (χ1n) is 7.24. The molecule has 0 bridgehead atoms. The van der Waals surface area contributed by atoms with Crippen molar-refractivity contribution in [3.8, 4) is 5.75 Å². The maximum atomic E-state index is 14.7. The van der Waals surface area contributed by atoms with Crippen molar-refractivity contribution in [2.24, 2.45) is 0 Å². The van der Waals surface area contributed by atoms with Crippen molar-refractivity contribution >= 4 is 17.8 Å². The van der Waals surface area contributed by atoms with Crippen LogP contribution in [-0.2, 0) is 6.54 Å². The second-order valence-corrected chi connectivity index (χ2v) is 6.49. The zero-order chi connectivity index (χ0) is 14.8. The van der Waals surface area contributed by atoms with E-state index in [1.165, 1.54) is 12.1 Å². The fourth-order valence-corrected chi connectivity index (χ4v) is 3.46. The summed E-state index contributed by atoms with van der Waals surface area (Å²) in [5, 5.41) is 9.97. The van der Waals surface area contributed by atoms with Gasteiger partial charge in [0.2, 0.25) is 0 Å². The molecule has 21 heavy (non-hydrogen) atoms. The number of piperazine rings is 1. The van der Waals surface area contributed by atoms with Crippen molar-refractivity contribution < 1.29 is 9.50 Å². The molecule has 116 valence electrons. The van der Waals surface area contributed by atoms with Crippen molar-refractivity contribution in [3.05, 3.63) is 23.5 Å². The third-order valence-corrected chi connectivity index (χ3v) is 4.92. The van der Waals surface area contributed by atoms with Gasteiger partial charge < -0.3 is 10.0 Å². The first-order chi connectivity index (χ1) is 10.1. The molecule has 2 saturated heterocycles. The molecule has 2 aliphatic rings. The molecule has 0 spiro atoms. The second-order valence-electron chi connectivity index (χ2n) is 5.57. The van der Waals surface area contributed by atoms with E-state index in [-0.39, 0.29) is 11.6 Å². The van der Waals surface area contributed by atoms with Crippen LogP contribution in [0.5, 0.6) is 5.75 Å². The first kappa shape index (κ1) is 14.9. The quantitative estimate of drug-likeness (QED) is 0.819. The molecule has 2 fully saturated rings. The Labute approximate surface area is 129 Å². The van der Waals surface area contributed by atoms with Gasteiger partial charge in [0.05, 0.1) is 0 Å². The number of anilines is 1. The summed E-state index contributed by atoms with van der Waals surface area (Å²) in [4.78, 5) is 4.54. The predicted octanol–water partition coefficient (Wildman–Crippen LogP) is 1.25. The molecule has 0 radical (unpaired) electrons. The second kappa shape index (κ2) is 6.39. The molecule has 2 N–H and O–H groups in total. The van der Waals surface area contributed by atoms with Crippen LogP contribution in [0, 0.1) is 5.82 Å². The zero-order valence-corrected chi connectivity index (χ0v) is 13.0. The standard InChI is InChI=1S/C14H21FN4OS/c1-17-6-8-18(9-7-17)10-11-2-3-12(20)14(13(11)15)19-5-4-16-21-19/h2-3,16,20H,4-10H2,1H3. The Morgan fingerprint density at radius 1 is 1.24 bits per heavy atom. The SMILES string of the molecule is CN1CCN(Cc2ccc(O)c(N3CCNS3)c2F)CC1. The van der Waals surface area contributed by atoms with Crippen molar-refractivity contribution in [1.82, 2.24) is 14.5 Å². The Morgan fingerprint density at radius 2 is 2.00 bits per heavy atom. The molecule has 0 unspecified atom stereocenters. The topological polar surface area (TPSA) is 42.0 Å². The Kier molecular flexibility index (Phi) is 4.54. The lowest BCUT2D eigenvalue weighted by Crippen LogP contribution is -2.44. The van der Waals surface area contributed by atoms with Crippen molar-refractivity contribution in [2.75, 3.05) is 50.6 Å². The molecule has 3 rings (SSSR count). The summed E-state index contributed by atoms with van der Waals surface area (Å²) in [5.41, 5.74) is 0.955. The molecule has 1 aromatic rings. The Morgan fingerprint density at radius 3 is 2.67 bits per heavy atom. The van der Waals surface area contributed by atoms with Gasteiger partial charge >= 0.3 is 0 Å². The molecule has 1 aromatic carbocycles. The van der Waals surface area contributed by atoms with E-state index in [0.717, 1.165) is 32.7 Å². The van der Waals surface area contributed by atoms with Crippen LogP contribution < -0.4 is 9.03 Å². The summed E-state index contributed by atoms with van der Waals surface area (Å²) in [6.07, 6.45) is 0. The summed E-state index contributed by atoms with van der Waals surface area (Å²) >= 11 is 1.34. The average molecular weight is 312 g/mol. The summed E-state index contributed by atoms with van der Waals surface area (Å²) in [7, 11) is 2.11. The number of likely N-dealkylation sites (N-methyl/N-ethyl adjacent to an activating group) is 1. The number of aromatic hydroxyl groups is 1. The van der Waals surface area contributed by atoms with Crippen LogP contribution in [0.1, 0.15) is 5.56 Å². The number of nitrogens with one attached hydrogen (secondary N) is 1. The van der Waals surface area contributed by atoms with E-state index >= 15 is 0 Å². The third kappa shape index (κ3) is 3.26. The van der Waals surface area contributed by atoms with E-state index in [2.05, 4.69) is 21.6 Å². The number of rotatable bonds is 3. The van der Waals surface area contributed by atoms with Gasteiger partial charge in [0.25, 0.3) is 0 Å². The Balaban J connectivity index is 1.77. The van der Waals surface area contributed by atoms with Gasteiger partial charge in [-0.2, -0.15) is 0 Å². The molecule has 0 saturated carbocycles. The highest BCUT2D eigenvalue weighted by Gasteiger charge is 2.24. The number of halogens is 1. The summed E-state index contributed by atoms with van der Waals surface area (Å²) in [6.45, 7) is 5.99. The number of hydrogen-bond acceptors (Lipinski definition) is 6. The largest absolute Gasteiger partial charge is 0.506 e. The molecule has 5 nitrogen and oxygen atoms in total. The maximum absolute atomic E-state index is 14.7. The van der Waals surface area contributed by atoms with Gasteiger partial charge in [0, 0.05) is 63.5 Å². The van der Waals surface area contributed by atoms with Crippen LogP contribution in [0.15, 0.2) is 12.1 Å². The molecule has 2 aliphatic heterocycles. The molecular weight excluding hydrogens is 291 g/mol. The molecule has 0 aromatic heterocycles. The van der Waals surface area contributed by atoms with E-state index in [1.807, 2.05) is 0 Å². The van der Waals surface area contributed by atoms with E-state index in [1.54, 1.807) is 16.4 Å².